The standard InChI is InChI=1S/C47H29N3S/c1-2-11-30(12-3-1)31-22-24-32(25-23-31)33-13-8-14-34(27-33)49-40-18-6-4-15-35(40)38-29-44-39(28-43(38)49)36-16-5-7-19-41(36)50(44)42-20-9-17-37-46-45(51-47(37)42)21-10-26-48-46/h1-29H. The van der Waals surface area contributed by atoms with Crippen LogP contribution < -0.4 is 0 Å². The molecule has 0 amide bonds. The first-order valence-corrected chi connectivity index (χ1v) is 18.1. The number of rotatable bonds is 4. The number of fused-ring (bicyclic) bond motifs is 9. The van der Waals surface area contributed by atoms with Crippen molar-refractivity contribution in [2.24, 2.45) is 0 Å². The molecule has 3 nitrogen and oxygen atoms in total. The van der Waals surface area contributed by atoms with E-state index in [2.05, 4.69) is 173 Å². The average Bonchev–Trinajstić information content (AvgIpc) is 3.85. The van der Waals surface area contributed by atoms with E-state index in [0.717, 1.165) is 11.2 Å². The molecule has 0 saturated heterocycles. The Labute approximate surface area is 297 Å². The van der Waals surface area contributed by atoms with Crippen LogP contribution in [0.5, 0.6) is 0 Å². The molecule has 4 heteroatoms. The van der Waals surface area contributed by atoms with Gasteiger partial charge in [0, 0.05) is 38.8 Å². The molecule has 11 aromatic rings. The van der Waals surface area contributed by atoms with Crippen molar-refractivity contribution >= 4 is 75.3 Å². The quantitative estimate of drug-likeness (QED) is 0.183. The van der Waals surface area contributed by atoms with Gasteiger partial charge < -0.3 is 9.13 Å². The van der Waals surface area contributed by atoms with Crippen LogP contribution in [-0.4, -0.2) is 14.1 Å². The minimum atomic E-state index is 1.07. The van der Waals surface area contributed by atoms with Crippen molar-refractivity contribution in [3.63, 3.8) is 0 Å². The number of nitrogens with zero attached hydrogens (tertiary/aromatic N) is 3. The fraction of sp³-hybridized carbons (Fsp3) is 0. The predicted octanol–water partition coefficient (Wildman–Crippen LogP) is 13.0. The number of hydrogen-bond acceptors (Lipinski definition) is 2. The Morgan fingerprint density at radius 1 is 0.392 bits per heavy atom. The number of aromatic nitrogens is 3. The van der Waals surface area contributed by atoms with Crippen LogP contribution in [-0.2, 0) is 0 Å². The van der Waals surface area contributed by atoms with Crippen molar-refractivity contribution < 1.29 is 0 Å². The van der Waals surface area contributed by atoms with Crippen molar-refractivity contribution in [2.45, 2.75) is 0 Å². The monoisotopic (exact) mass is 667 g/mol. The molecule has 0 spiro atoms. The van der Waals surface area contributed by atoms with Gasteiger partial charge in [0.25, 0.3) is 0 Å². The van der Waals surface area contributed by atoms with Crippen molar-refractivity contribution in [3.8, 4) is 33.6 Å². The highest BCUT2D eigenvalue weighted by Crippen LogP contribution is 2.43. The lowest BCUT2D eigenvalue weighted by molar-refractivity contribution is 1.18. The van der Waals surface area contributed by atoms with Crippen LogP contribution in [0.1, 0.15) is 0 Å². The first kappa shape index (κ1) is 28.4. The third-order valence-electron chi connectivity index (χ3n) is 10.4. The first-order chi connectivity index (χ1) is 25.3. The fourth-order valence-corrected chi connectivity index (χ4v) is 9.22. The fourth-order valence-electron chi connectivity index (χ4n) is 8.06. The van der Waals surface area contributed by atoms with Crippen molar-refractivity contribution in [3.05, 3.63) is 176 Å². The minimum absolute atomic E-state index is 1.07. The zero-order chi connectivity index (χ0) is 33.5. The van der Waals surface area contributed by atoms with Gasteiger partial charge in [-0.05, 0) is 76.9 Å². The van der Waals surface area contributed by atoms with E-state index in [1.807, 2.05) is 23.6 Å². The third-order valence-corrected chi connectivity index (χ3v) is 11.6. The normalized spacial score (nSPS) is 11.9. The minimum Gasteiger partial charge on any atom is -0.309 e. The summed E-state index contributed by atoms with van der Waals surface area (Å²) in [7, 11) is 0. The van der Waals surface area contributed by atoms with Gasteiger partial charge in [0.2, 0.25) is 0 Å². The highest BCUT2D eigenvalue weighted by atomic mass is 32.1. The molecular formula is C47H29N3S. The molecule has 0 unspecified atom stereocenters. The van der Waals surface area contributed by atoms with Gasteiger partial charge in [-0.25, -0.2) is 0 Å². The molecule has 4 heterocycles. The Balaban J connectivity index is 1.14. The number of para-hydroxylation sites is 2. The van der Waals surface area contributed by atoms with Crippen molar-refractivity contribution in [1.82, 2.24) is 14.1 Å². The maximum Gasteiger partial charge on any atom is 0.0889 e. The smallest absolute Gasteiger partial charge is 0.0889 e. The summed E-state index contributed by atoms with van der Waals surface area (Å²) in [5, 5.41) is 6.17. The molecule has 0 N–H and O–H groups in total. The van der Waals surface area contributed by atoms with Gasteiger partial charge >= 0.3 is 0 Å². The molecule has 0 aliphatic carbocycles. The lowest BCUT2D eigenvalue weighted by Crippen LogP contribution is -1.95. The molecule has 0 aliphatic rings. The van der Waals surface area contributed by atoms with E-state index in [1.54, 1.807) is 0 Å². The topological polar surface area (TPSA) is 22.8 Å². The molecule has 238 valence electrons. The zero-order valence-corrected chi connectivity index (χ0v) is 28.3. The molecule has 0 saturated carbocycles. The third kappa shape index (κ3) is 4.27. The Kier molecular flexibility index (Phi) is 6.12. The van der Waals surface area contributed by atoms with E-state index in [-0.39, 0.29) is 0 Å². The van der Waals surface area contributed by atoms with Crippen molar-refractivity contribution in [2.75, 3.05) is 0 Å². The molecule has 4 aromatic heterocycles. The molecule has 0 bridgehead atoms. The summed E-state index contributed by atoms with van der Waals surface area (Å²) in [4.78, 5) is 4.76. The molecule has 0 radical (unpaired) electrons. The van der Waals surface area contributed by atoms with Crippen LogP contribution in [0.25, 0.3) is 97.5 Å². The number of hydrogen-bond donors (Lipinski definition) is 0. The van der Waals surface area contributed by atoms with E-state index < -0.39 is 0 Å². The Bertz CT molecular complexity index is 3130. The number of thiophene rings is 1. The summed E-state index contributed by atoms with van der Waals surface area (Å²) in [5.41, 5.74) is 13.1. The van der Waals surface area contributed by atoms with E-state index in [4.69, 9.17) is 4.98 Å². The summed E-state index contributed by atoms with van der Waals surface area (Å²) in [6.07, 6.45) is 1.89. The van der Waals surface area contributed by atoms with Gasteiger partial charge in [0.15, 0.2) is 0 Å². The van der Waals surface area contributed by atoms with Gasteiger partial charge in [-0.3, -0.25) is 4.98 Å². The molecule has 0 atom stereocenters. The SMILES string of the molecule is c1ccc(-c2ccc(-c3cccc(-n4c5ccccc5c5cc6c(cc54)c4ccccc4n6-c4cccc5c4sc4cccnc45)c3)cc2)cc1. The summed E-state index contributed by atoms with van der Waals surface area (Å²) >= 11 is 1.82. The van der Waals surface area contributed by atoms with Gasteiger partial charge in [-0.15, -0.1) is 11.3 Å². The number of pyridine rings is 1. The van der Waals surface area contributed by atoms with E-state index in [1.165, 1.54) is 86.3 Å². The van der Waals surface area contributed by atoms with Crippen LogP contribution in [0.4, 0.5) is 0 Å². The van der Waals surface area contributed by atoms with Crippen LogP contribution in [0, 0.1) is 0 Å². The molecule has 51 heavy (non-hydrogen) atoms. The Hall–Kier alpha value is -6.49. The first-order valence-electron chi connectivity index (χ1n) is 17.3. The van der Waals surface area contributed by atoms with E-state index in [9.17, 15) is 0 Å². The molecular weight excluding hydrogens is 639 g/mol. The van der Waals surface area contributed by atoms with Crippen LogP contribution in [0.15, 0.2) is 176 Å². The van der Waals surface area contributed by atoms with Gasteiger partial charge in [0.1, 0.15) is 0 Å². The van der Waals surface area contributed by atoms with Crippen LogP contribution in [0.2, 0.25) is 0 Å². The largest absolute Gasteiger partial charge is 0.309 e. The Morgan fingerprint density at radius 3 is 1.75 bits per heavy atom. The number of benzene rings is 7. The highest BCUT2D eigenvalue weighted by Gasteiger charge is 2.20. The van der Waals surface area contributed by atoms with Gasteiger partial charge in [-0.2, -0.15) is 0 Å². The zero-order valence-electron chi connectivity index (χ0n) is 27.5. The molecule has 0 aliphatic heterocycles. The van der Waals surface area contributed by atoms with E-state index >= 15 is 0 Å². The second-order valence-corrected chi connectivity index (χ2v) is 14.2. The molecule has 11 rings (SSSR count). The van der Waals surface area contributed by atoms with E-state index in [0.29, 0.717) is 0 Å². The van der Waals surface area contributed by atoms with Crippen LogP contribution >= 0.6 is 11.3 Å². The molecule has 7 aromatic carbocycles. The summed E-state index contributed by atoms with van der Waals surface area (Å²) in [6, 6.07) is 61.7. The molecule has 0 fully saturated rings. The summed E-state index contributed by atoms with van der Waals surface area (Å²) in [6.45, 7) is 0. The maximum absolute atomic E-state index is 4.76. The Morgan fingerprint density at radius 2 is 0.980 bits per heavy atom. The highest BCUT2D eigenvalue weighted by molar-refractivity contribution is 7.26. The van der Waals surface area contributed by atoms with Crippen LogP contribution in [0.3, 0.4) is 0 Å². The van der Waals surface area contributed by atoms with Gasteiger partial charge in [-0.1, -0.05) is 115 Å². The average molecular weight is 668 g/mol. The second kappa shape index (κ2) is 11.0. The van der Waals surface area contributed by atoms with Gasteiger partial charge in [0.05, 0.1) is 42.7 Å². The second-order valence-electron chi connectivity index (χ2n) is 13.2. The predicted molar refractivity (Wildman–Crippen MR) is 217 cm³/mol. The summed E-state index contributed by atoms with van der Waals surface area (Å²) in [5.74, 6) is 0. The van der Waals surface area contributed by atoms with Crippen molar-refractivity contribution in [1.29, 1.82) is 0 Å². The lowest BCUT2D eigenvalue weighted by Gasteiger charge is -2.12. The summed E-state index contributed by atoms with van der Waals surface area (Å²) < 4.78 is 7.37. The lowest BCUT2D eigenvalue weighted by atomic mass is 10.00. The maximum atomic E-state index is 4.76.